The number of carbonyl (C=O) groups is 1. The van der Waals surface area contributed by atoms with Crippen LogP contribution < -0.4 is 0 Å². The molecule has 1 aliphatic rings. The van der Waals surface area contributed by atoms with Gasteiger partial charge in [-0.05, 0) is 12.8 Å². The zero-order valence-electron chi connectivity index (χ0n) is 6.65. The number of rotatable bonds is 2. The lowest BCUT2D eigenvalue weighted by Gasteiger charge is -2.20. The maximum atomic E-state index is 11.2. The van der Waals surface area contributed by atoms with Gasteiger partial charge in [0.2, 0.25) is 0 Å². The summed E-state index contributed by atoms with van der Waals surface area (Å²) in [6.45, 7) is 0. The molecule has 0 bridgehead atoms. The molecule has 0 aromatic heterocycles. The van der Waals surface area contributed by atoms with Gasteiger partial charge in [-0.15, -0.1) is 0 Å². The third kappa shape index (κ3) is 1.14. The minimum Gasteiger partial charge on any atom is -0.480 e. The van der Waals surface area contributed by atoms with E-state index in [0.29, 0.717) is 0 Å². The van der Waals surface area contributed by atoms with E-state index in [9.17, 15) is 13.2 Å². The van der Waals surface area contributed by atoms with Crippen LogP contribution in [0.15, 0.2) is 12.2 Å². The second-order valence-corrected chi connectivity index (χ2v) is 5.28. The van der Waals surface area contributed by atoms with Crippen molar-refractivity contribution in [3.63, 3.8) is 0 Å². The van der Waals surface area contributed by atoms with Gasteiger partial charge in [0.05, 0.1) is 0 Å². The Morgan fingerprint density at radius 3 is 2.00 bits per heavy atom. The van der Waals surface area contributed by atoms with E-state index in [1.54, 1.807) is 12.2 Å². The smallest absolute Gasteiger partial charge is 0.325 e. The molecule has 12 heavy (non-hydrogen) atoms. The van der Waals surface area contributed by atoms with Crippen LogP contribution in [0.25, 0.3) is 0 Å². The number of sulfone groups is 1. The van der Waals surface area contributed by atoms with Gasteiger partial charge in [0, 0.05) is 6.26 Å². The molecule has 0 saturated carbocycles. The Morgan fingerprint density at radius 2 is 1.83 bits per heavy atom. The topological polar surface area (TPSA) is 71.4 Å². The number of allylic oxidation sites excluding steroid dienone is 2. The normalized spacial score (nSPS) is 21.1. The Balaban J connectivity index is 3.15. The lowest BCUT2D eigenvalue weighted by atomic mass is 10.1. The summed E-state index contributed by atoms with van der Waals surface area (Å²) in [6, 6.07) is 0. The SMILES string of the molecule is CS(=O)(=O)C1(C(=O)O)CC=CC1. The lowest BCUT2D eigenvalue weighted by Crippen LogP contribution is -2.43. The van der Waals surface area contributed by atoms with Crippen LogP contribution in [-0.2, 0) is 14.6 Å². The van der Waals surface area contributed by atoms with Crippen molar-refractivity contribution in [1.82, 2.24) is 0 Å². The predicted molar refractivity (Wildman–Crippen MR) is 43.6 cm³/mol. The number of hydrogen-bond acceptors (Lipinski definition) is 3. The Kier molecular flexibility index (Phi) is 1.99. The molecule has 1 rings (SSSR count). The first-order chi connectivity index (χ1) is 5.40. The van der Waals surface area contributed by atoms with Gasteiger partial charge in [-0.25, -0.2) is 8.42 Å². The first-order valence-electron chi connectivity index (χ1n) is 3.48. The van der Waals surface area contributed by atoms with E-state index in [2.05, 4.69) is 0 Å². The number of aliphatic carboxylic acids is 1. The molecule has 0 aliphatic heterocycles. The Bertz CT molecular complexity index is 317. The maximum absolute atomic E-state index is 11.2. The summed E-state index contributed by atoms with van der Waals surface area (Å²) in [5, 5.41) is 8.78. The summed E-state index contributed by atoms with van der Waals surface area (Å²) in [5.41, 5.74) is 0. The summed E-state index contributed by atoms with van der Waals surface area (Å²) in [4.78, 5) is 10.8. The van der Waals surface area contributed by atoms with Crippen LogP contribution in [0.1, 0.15) is 12.8 Å². The standard InChI is InChI=1S/C7H10O4S/c1-12(10,11)7(6(8)9)4-2-3-5-7/h2-3H,4-5H2,1H3,(H,8,9). The van der Waals surface area contributed by atoms with Gasteiger partial charge in [0.15, 0.2) is 14.6 Å². The van der Waals surface area contributed by atoms with Crippen molar-refractivity contribution in [3.05, 3.63) is 12.2 Å². The van der Waals surface area contributed by atoms with Crippen molar-refractivity contribution in [2.45, 2.75) is 17.6 Å². The predicted octanol–water partition coefficient (Wildman–Crippen LogP) is 0.204. The molecule has 0 saturated heterocycles. The lowest BCUT2D eigenvalue weighted by molar-refractivity contribution is -0.139. The number of hydrogen-bond donors (Lipinski definition) is 1. The molecule has 68 valence electrons. The average molecular weight is 190 g/mol. The van der Waals surface area contributed by atoms with Crippen molar-refractivity contribution >= 4 is 15.8 Å². The molecular weight excluding hydrogens is 180 g/mol. The van der Waals surface area contributed by atoms with Crippen LogP contribution in [0.5, 0.6) is 0 Å². The fraction of sp³-hybridized carbons (Fsp3) is 0.571. The van der Waals surface area contributed by atoms with E-state index in [-0.39, 0.29) is 12.8 Å². The molecule has 0 radical (unpaired) electrons. The van der Waals surface area contributed by atoms with E-state index in [4.69, 9.17) is 5.11 Å². The highest BCUT2D eigenvalue weighted by atomic mass is 32.2. The van der Waals surface area contributed by atoms with E-state index in [1.807, 2.05) is 0 Å². The van der Waals surface area contributed by atoms with Crippen molar-refractivity contribution in [2.75, 3.05) is 6.26 Å². The second-order valence-electron chi connectivity index (χ2n) is 2.95. The molecule has 0 unspecified atom stereocenters. The van der Waals surface area contributed by atoms with E-state index >= 15 is 0 Å². The van der Waals surface area contributed by atoms with Crippen LogP contribution in [-0.4, -0.2) is 30.5 Å². The van der Waals surface area contributed by atoms with Crippen LogP contribution in [0.4, 0.5) is 0 Å². The molecule has 1 aliphatic carbocycles. The van der Waals surface area contributed by atoms with Gasteiger partial charge in [0.25, 0.3) is 0 Å². The fourth-order valence-corrected chi connectivity index (χ4v) is 2.38. The molecule has 0 aromatic rings. The second kappa shape index (κ2) is 2.58. The molecular formula is C7H10O4S. The molecule has 0 atom stereocenters. The first-order valence-corrected chi connectivity index (χ1v) is 5.37. The Labute approximate surface area is 70.8 Å². The Morgan fingerprint density at radius 1 is 1.42 bits per heavy atom. The van der Waals surface area contributed by atoms with Gasteiger partial charge in [0.1, 0.15) is 0 Å². The average Bonchev–Trinajstić information content (AvgIpc) is 2.31. The molecule has 0 spiro atoms. The maximum Gasteiger partial charge on any atom is 0.325 e. The largest absolute Gasteiger partial charge is 0.480 e. The van der Waals surface area contributed by atoms with Gasteiger partial charge >= 0.3 is 5.97 Å². The highest BCUT2D eigenvalue weighted by Crippen LogP contribution is 2.31. The quantitative estimate of drug-likeness (QED) is 0.631. The van der Waals surface area contributed by atoms with Crippen molar-refractivity contribution in [2.24, 2.45) is 0 Å². The number of carboxylic acid groups (broad SMARTS) is 1. The number of carboxylic acids is 1. The highest BCUT2D eigenvalue weighted by Gasteiger charge is 2.48. The van der Waals surface area contributed by atoms with Crippen LogP contribution in [0, 0.1) is 0 Å². The molecule has 0 fully saturated rings. The van der Waals surface area contributed by atoms with Crippen molar-refractivity contribution in [1.29, 1.82) is 0 Å². The summed E-state index contributed by atoms with van der Waals surface area (Å²) < 4.78 is 20.8. The van der Waals surface area contributed by atoms with Gasteiger partial charge in [-0.3, -0.25) is 4.79 Å². The molecule has 4 nitrogen and oxygen atoms in total. The van der Waals surface area contributed by atoms with Gasteiger partial charge < -0.3 is 5.11 Å². The highest BCUT2D eigenvalue weighted by molar-refractivity contribution is 7.92. The summed E-state index contributed by atoms with van der Waals surface area (Å²) >= 11 is 0. The zero-order chi connectivity index (χ0) is 9.41. The van der Waals surface area contributed by atoms with Gasteiger partial charge in [-0.1, -0.05) is 12.2 Å². The molecule has 1 N–H and O–H groups in total. The first kappa shape index (κ1) is 9.25. The van der Waals surface area contributed by atoms with Gasteiger partial charge in [-0.2, -0.15) is 0 Å². The van der Waals surface area contributed by atoms with Crippen molar-refractivity contribution in [3.8, 4) is 0 Å². The van der Waals surface area contributed by atoms with Crippen LogP contribution in [0.2, 0.25) is 0 Å². The third-order valence-electron chi connectivity index (χ3n) is 2.16. The molecule has 5 heteroatoms. The van der Waals surface area contributed by atoms with Crippen LogP contribution >= 0.6 is 0 Å². The molecule has 0 amide bonds. The summed E-state index contributed by atoms with van der Waals surface area (Å²) in [5.74, 6) is -1.25. The molecule has 0 heterocycles. The monoisotopic (exact) mass is 190 g/mol. The fourth-order valence-electron chi connectivity index (χ4n) is 1.27. The third-order valence-corrected chi connectivity index (χ3v) is 4.09. The minimum atomic E-state index is -3.53. The summed E-state index contributed by atoms with van der Waals surface area (Å²) in [7, 11) is -3.53. The molecule has 0 aromatic carbocycles. The van der Waals surface area contributed by atoms with Crippen LogP contribution in [0.3, 0.4) is 0 Å². The zero-order valence-corrected chi connectivity index (χ0v) is 7.47. The minimum absolute atomic E-state index is 0.0845. The summed E-state index contributed by atoms with van der Waals surface area (Å²) in [6.07, 6.45) is 4.32. The van der Waals surface area contributed by atoms with E-state index in [0.717, 1.165) is 6.26 Å². The van der Waals surface area contributed by atoms with E-state index in [1.165, 1.54) is 0 Å². The van der Waals surface area contributed by atoms with Crippen molar-refractivity contribution < 1.29 is 18.3 Å². The van der Waals surface area contributed by atoms with E-state index < -0.39 is 20.6 Å². The Hall–Kier alpha value is -0.840.